The summed E-state index contributed by atoms with van der Waals surface area (Å²) in [6, 6.07) is 3.83. The van der Waals surface area contributed by atoms with Crippen LogP contribution in [0.4, 0.5) is 0 Å². The summed E-state index contributed by atoms with van der Waals surface area (Å²) in [6.45, 7) is 0.768. The van der Waals surface area contributed by atoms with Gasteiger partial charge in [-0.2, -0.15) is 0 Å². The van der Waals surface area contributed by atoms with Crippen LogP contribution in [0.25, 0.3) is 0 Å². The van der Waals surface area contributed by atoms with Crippen molar-refractivity contribution in [2.24, 2.45) is 0 Å². The van der Waals surface area contributed by atoms with Crippen LogP contribution in [0, 0.1) is 0 Å². The topological polar surface area (TPSA) is 67.8 Å². The highest BCUT2D eigenvalue weighted by molar-refractivity contribution is 5.99. The molecule has 2 aliphatic carbocycles. The minimum atomic E-state index is -1.09. The van der Waals surface area contributed by atoms with Gasteiger partial charge in [0.25, 0.3) is 0 Å². The zero-order chi connectivity index (χ0) is 15.1. The maximum Gasteiger partial charge on any atom is 0.196 e. The number of rotatable bonds is 1. The number of nitrogens with one attached hydrogen (secondary N) is 1. The zero-order valence-electron chi connectivity index (χ0n) is 12.3. The molecule has 5 nitrogen and oxygen atoms in total. The lowest BCUT2D eigenvalue weighted by Crippen LogP contribution is -2.74. The van der Waals surface area contributed by atoms with Crippen molar-refractivity contribution >= 4 is 5.78 Å². The molecule has 4 atom stereocenters. The van der Waals surface area contributed by atoms with E-state index in [1.165, 1.54) is 6.08 Å². The first-order valence-electron chi connectivity index (χ1n) is 7.67. The van der Waals surface area contributed by atoms with Crippen LogP contribution in [-0.2, 0) is 16.6 Å². The monoisotopic (exact) mass is 299 g/mol. The van der Waals surface area contributed by atoms with E-state index in [-0.39, 0.29) is 11.8 Å². The lowest BCUT2D eigenvalue weighted by atomic mass is 9.51. The number of hydrogen-bond donors (Lipinski definition) is 2. The quantitative estimate of drug-likeness (QED) is 0.789. The fraction of sp³-hybridized carbons (Fsp3) is 0.471. The summed E-state index contributed by atoms with van der Waals surface area (Å²) in [6.07, 6.45) is 3.90. The van der Waals surface area contributed by atoms with Crippen LogP contribution in [-0.4, -0.2) is 42.3 Å². The average molecular weight is 299 g/mol. The molecule has 1 unspecified atom stereocenters. The van der Waals surface area contributed by atoms with Crippen LogP contribution in [0.3, 0.4) is 0 Å². The van der Waals surface area contributed by atoms with Gasteiger partial charge in [0.05, 0.1) is 12.5 Å². The molecule has 0 amide bonds. The van der Waals surface area contributed by atoms with Crippen LogP contribution in [0.5, 0.6) is 11.5 Å². The van der Waals surface area contributed by atoms with Crippen molar-refractivity contribution in [3.63, 3.8) is 0 Å². The maximum atomic E-state index is 12.5. The molecule has 1 fully saturated rings. The highest BCUT2D eigenvalue weighted by Crippen LogP contribution is 2.62. The number of ether oxygens (including phenoxy) is 2. The molecule has 4 aliphatic rings. The van der Waals surface area contributed by atoms with Crippen LogP contribution in [0.2, 0.25) is 0 Å². The van der Waals surface area contributed by atoms with E-state index in [0.717, 1.165) is 24.1 Å². The first-order chi connectivity index (χ1) is 10.6. The van der Waals surface area contributed by atoms with E-state index in [0.29, 0.717) is 17.9 Å². The molecule has 22 heavy (non-hydrogen) atoms. The normalized spacial score (nSPS) is 40.2. The Morgan fingerprint density at radius 1 is 1.45 bits per heavy atom. The molecule has 0 radical (unpaired) electrons. The van der Waals surface area contributed by atoms with E-state index in [1.807, 2.05) is 12.1 Å². The molecule has 2 heterocycles. The second-order valence-electron chi connectivity index (χ2n) is 6.62. The second-order valence-corrected chi connectivity index (χ2v) is 6.62. The predicted octanol–water partition coefficient (Wildman–Crippen LogP) is 0.482. The molecule has 2 aliphatic heterocycles. The number of carbonyl (C=O) groups is 1. The van der Waals surface area contributed by atoms with Crippen molar-refractivity contribution in [3.8, 4) is 11.5 Å². The van der Waals surface area contributed by atoms with Crippen molar-refractivity contribution < 1.29 is 19.4 Å². The van der Waals surface area contributed by atoms with E-state index in [4.69, 9.17) is 9.47 Å². The van der Waals surface area contributed by atoms with Gasteiger partial charge in [-0.3, -0.25) is 4.79 Å². The lowest BCUT2D eigenvalue weighted by molar-refractivity contribution is -0.139. The molecule has 5 rings (SSSR count). The molecular formula is C17H17NO4. The molecule has 114 valence electrons. The lowest BCUT2D eigenvalue weighted by Gasteiger charge is -2.57. The number of benzene rings is 1. The molecule has 1 aromatic carbocycles. The Kier molecular flexibility index (Phi) is 2.15. The highest BCUT2D eigenvalue weighted by atomic mass is 16.5. The number of carbonyl (C=O) groups excluding carboxylic acids is 1. The minimum absolute atomic E-state index is 0.0728. The fourth-order valence-corrected chi connectivity index (χ4v) is 4.98. The first kappa shape index (κ1) is 12.7. The molecule has 2 N–H and O–H groups in total. The summed E-state index contributed by atoms with van der Waals surface area (Å²) in [5.74, 6) is 1.20. The fourth-order valence-electron chi connectivity index (χ4n) is 4.98. The number of hydrogen-bond acceptors (Lipinski definition) is 5. The van der Waals surface area contributed by atoms with Crippen molar-refractivity contribution in [1.29, 1.82) is 0 Å². The Morgan fingerprint density at radius 3 is 3.14 bits per heavy atom. The van der Waals surface area contributed by atoms with Crippen LogP contribution in [0.1, 0.15) is 17.5 Å². The summed E-state index contributed by atoms with van der Waals surface area (Å²) in [4.78, 5) is 12.5. The van der Waals surface area contributed by atoms with Gasteiger partial charge < -0.3 is 19.9 Å². The summed E-state index contributed by atoms with van der Waals surface area (Å²) >= 11 is 0. The third-order valence-electron chi connectivity index (χ3n) is 5.90. The third kappa shape index (κ3) is 1.12. The van der Waals surface area contributed by atoms with E-state index < -0.39 is 17.1 Å². The third-order valence-corrected chi connectivity index (χ3v) is 5.90. The van der Waals surface area contributed by atoms with Gasteiger partial charge in [-0.1, -0.05) is 6.07 Å². The Labute approximate surface area is 127 Å². The molecule has 0 aromatic heterocycles. The van der Waals surface area contributed by atoms with Gasteiger partial charge in [0.1, 0.15) is 5.60 Å². The first-order valence-corrected chi connectivity index (χ1v) is 7.67. The maximum absolute atomic E-state index is 12.5. The molecule has 1 saturated heterocycles. The SMILES string of the molecule is COc1ccc2c3c1O[C@H]1C(=O)C=C[C@@]4(O)C(C2)NCC[C@]314. The van der Waals surface area contributed by atoms with Gasteiger partial charge in [-0.15, -0.1) is 0 Å². The minimum Gasteiger partial charge on any atom is -0.493 e. The number of methoxy groups -OCH3 is 1. The van der Waals surface area contributed by atoms with Gasteiger partial charge in [0.2, 0.25) is 0 Å². The van der Waals surface area contributed by atoms with E-state index in [1.54, 1.807) is 13.2 Å². The smallest absolute Gasteiger partial charge is 0.196 e. The summed E-state index contributed by atoms with van der Waals surface area (Å²) in [7, 11) is 1.60. The van der Waals surface area contributed by atoms with E-state index in [2.05, 4.69) is 5.32 Å². The van der Waals surface area contributed by atoms with Crippen LogP contribution >= 0.6 is 0 Å². The Hall–Kier alpha value is -1.85. The standard InChI is InChI=1S/C17H17NO4/c1-21-11-3-2-9-8-12-17(20)5-4-10(19)15-16(17,6-7-18-12)13(9)14(11)22-15/h2-5,12,15,18,20H,6-8H2,1H3/t12?,15-,16-,17+/m0/s1. The summed E-state index contributed by atoms with van der Waals surface area (Å²) in [5.41, 5.74) is 0.346. The number of ketones is 1. The van der Waals surface area contributed by atoms with Crippen LogP contribution < -0.4 is 14.8 Å². The van der Waals surface area contributed by atoms with Gasteiger partial charge in [-0.25, -0.2) is 0 Å². The summed E-state index contributed by atoms with van der Waals surface area (Å²) < 4.78 is 11.5. The van der Waals surface area contributed by atoms with Crippen molar-refractivity contribution in [3.05, 3.63) is 35.4 Å². The molecule has 0 saturated carbocycles. The van der Waals surface area contributed by atoms with Crippen molar-refractivity contribution in [2.75, 3.05) is 13.7 Å². The van der Waals surface area contributed by atoms with Crippen molar-refractivity contribution in [2.45, 2.75) is 36.0 Å². The number of aliphatic hydroxyl groups is 1. The highest BCUT2D eigenvalue weighted by Gasteiger charge is 2.70. The van der Waals surface area contributed by atoms with Gasteiger partial charge in [0.15, 0.2) is 23.4 Å². The van der Waals surface area contributed by atoms with E-state index in [9.17, 15) is 9.90 Å². The number of piperidine rings is 1. The van der Waals surface area contributed by atoms with Crippen LogP contribution in [0.15, 0.2) is 24.3 Å². The largest absolute Gasteiger partial charge is 0.493 e. The van der Waals surface area contributed by atoms with E-state index >= 15 is 0 Å². The van der Waals surface area contributed by atoms with Gasteiger partial charge in [0, 0.05) is 11.6 Å². The van der Waals surface area contributed by atoms with Crippen molar-refractivity contribution in [1.82, 2.24) is 5.32 Å². The molecule has 1 spiro atoms. The average Bonchev–Trinajstić information content (AvgIpc) is 2.85. The molecular weight excluding hydrogens is 282 g/mol. The zero-order valence-corrected chi connectivity index (χ0v) is 12.3. The molecule has 1 aromatic rings. The Bertz CT molecular complexity index is 742. The van der Waals surface area contributed by atoms with Gasteiger partial charge >= 0.3 is 0 Å². The van der Waals surface area contributed by atoms with Gasteiger partial charge in [-0.05, 0) is 43.2 Å². The predicted molar refractivity (Wildman–Crippen MR) is 78.3 cm³/mol. The second kappa shape index (κ2) is 3.73. The summed E-state index contributed by atoms with van der Waals surface area (Å²) in [5, 5.41) is 14.9. The molecule has 2 bridgehead atoms. The molecule has 5 heteroatoms. The Morgan fingerprint density at radius 2 is 2.32 bits per heavy atom. The Balaban J connectivity index is 1.90.